The molecule has 0 bridgehead atoms. The molecule has 1 aliphatic heterocycles. The van der Waals surface area contributed by atoms with Gasteiger partial charge in [0.2, 0.25) is 0 Å². The van der Waals surface area contributed by atoms with E-state index in [9.17, 15) is 4.79 Å². The molecule has 4 aromatic rings. The smallest absolute Gasteiger partial charge is 0.253 e. The van der Waals surface area contributed by atoms with E-state index in [-0.39, 0.29) is 11.8 Å². The zero-order valence-electron chi connectivity index (χ0n) is 17.9. The van der Waals surface area contributed by atoms with Crippen LogP contribution in [0.3, 0.4) is 0 Å². The van der Waals surface area contributed by atoms with Gasteiger partial charge in [-0.3, -0.25) is 4.79 Å². The molecule has 1 atom stereocenters. The molecule has 0 spiro atoms. The van der Waals surface area contributed by atoms with Crippen molar-refractivity contribution in [2.45, 2.75) is 46.1 Å². The second kappa shape index (κ2) is 7.31. The Kier molecular flexibility index (Phi) is 4.61. The maximum atomic E-state index is 13.4. The van der Waals surface area contributed by atoms with E-state index in [1.54, 1.807) is 0 Å². The van der Waals surface area contributed by atoms with Gasteiger partial charge in [-0.2, -0.15) is 0 Å². The molecule has 154 valence electrons. The van der Waals surface area contributed by atoms with E-state index in [0.717, 1.165) is 48.4 Å². The number of amides is 1. The van der Waals surface area contributed by atoms with Crippen molar-refractivity contribution in [3.05, 3.63) is 65.1 Å². The average Bonchev–Trinajstić information content (AvgIpc) is 3.32. The predicted octanol–water partition coefficient (Wildman–Crippen LogP) is 5.17. The molecular weight excluding hydrogens is 372 g/mol. The second-order valence-electron chi connectivity index (χ2n) is 8.42. The first-order valence-corrected chi connectivity index (χ1v) is 10.9. The van der Waals surface area contributed by atoms with Gasteiger partial charge in [0.05, 0.1) is 11.0 Å². The van der Waals surface area contributed by atoms with Gasteiger partial charge in [-0.05, 0) is 69.5 Å². The fourth-order valence-corrected chi connectivity index (χ4v) is 4.92. The first kappa shape index (κ1) is 18.9. The van der Waals surface area contributed by atoms with Gasteiger partial charge in [-0.1, -0.05) is 12.1 Å². The minimum Gasteiger partial charge on any atom is -0.345 e. The van der Waals surface area contributed by atoms with Gasteiger partial charge in [0, 0.05) is 47.7 Å². The number of aryl methyl sites for hydroxylation is 2. The summed E-state index contributed by atoms with van der Waals surface area (Å²) in [5, 5.41) is 1.19. The van der Waals surface area contributed by atoms with Gasteiger partial charge in [0.15, 0.2) is 0 Å². The number of carbonyl (C=O) groups excluding carboxylic acids is 1. The first-order valence-electron chi connectivity index (χ1n) is 10.9. The fourth-order valence-electron chi connectivity index (χ4n) is 4.92. The van der Waals surface area contributed by atoms with Gasteiger partial charge in [-0.25, -0.2) is 4.98 Å². The Morgan fingerprint density at radius 2 is 2.03 bits per heavy atom. The molecule has 0 aliphatic carbocycles. The van der Waals surface area contributed by atoms with Crippen LogP contribution in [0.5, 0.6) is 0 Å². The lowest BCUT2D eigenvalue weighted by Crippen LogP contribution is -2.39. The number of nitrogens with one attached hydrogen (secondary N) is 1. The number of rotatable bonds is 3. The number of hydrogen-bond acceptors (Lipinski definition) is 2. The average molecular weight is 401 g/mol. The maximum absolute atomic E-state index is 13.4. The molecule has 3 heterocycles. The Labute approximate surface area is 176 Å². The molecule has 0 saturated carbocycles. The molecule has 5 nitrogen and oxygen atoms in total. The number of aromatic nitrogens is 3. The number of para-hydroxylation sites is 2. The SMILES string of the molecule is CCn1c(C)c(C)c2cc(C(=O)N3CCCC(c4nc5ccccc5[nH]4)C3)ccc21. The normalized spacial score (nSPS) is 17.2. The van der Waals surface area contributed by atoms with Crippen molar-refractivity contribution in [1.29, 1.82) is 0 Å². The molecule has 5 heteroatoms. The highest BCUT2D eigenvalue weighted by molar-refractivity contribution is 5.99. The molecule has 1 fully saturated rings. The summed E-state index contributed by atoms with van der Waals surface area (Å²) >= 11 is 0. The number of piperidine rings is 1. The topological polar surface area (TPSA) is 53.9 Å². The summed E-state index contributed by atoms with van der Waals surface area (Å²) in [6, 6.07) is 14.3. The van der Waals surface area contributed by atoms with E-state index >= 15 is 0 Å². The number of nitrogens with zero attached hydrogens (tertiary/aromatic N) is 3. The van der Waals surface area contributed by atoms with E-state index < -0.39 is 0 Å². The third kappa shape index (κ3) is 3.00. The number of aromatic amines is 1. The number of H-pyrrole nitrogens is 1. The van der Waals surface area contributed by atoms with Crippen LogP contribution in [0.4, 0.5) is 0 Å². The van der Waals surface area contributed by atoms with E-state index in [1.807, 2.05) is 29.2 Å². The van der Waals surface area contributed by atoms with Crippen LogP contribution >= 0.6 is 0 Å². The summed E-state index contributed by atoms with van der Waals surface area (Å²) < 4.78 is 2.32. The van der Waals surface area contributed by atoms with Crippen molar-refractivity contribution in [1.82, 2.24) is 19.4 Å². The molecular formula is C25H28N4O. The van der Waals surface area contributed by atoms with Crippen LogP contribution in [0.2, 0.25) is 0 Å². The van der Waals surface area contributed by atoms with Crippen LogP contribution in [0.1, 0.15) is 53.1 Å². The summed E-state index contributed by atoms with van der Waals surface area (Å²) in [6.07, 6.45) is 2.06. The van der Waals surface area contributed by atoms with Crippen molar-refractivity contribution < 1.29 is 4.79 Å². The maximum Gasteiger partial charge on any atom is 0.253 e. The molecule has 1 amide bonds. The van der Waals surface area contributed by atoms with Crippen LogP contribution in [-0.4, -0.2) is 38.4 Å². The van der Waals surface area contributed by atoms with Gasteiger partial charge in [0.25, 0.3) is 5.91 Å². The van der Waals surface area contributed by atoms with Crippen LogP contribution in [0.25, 0.3) is 21.9 Å². The van der Waals surface area contributed by atoms with Crippen LogP contribution in [-0.2, 0) is 6.54 Å². The molecule has 1 saturated heterocycles. The monoisotopic (exact) mass is 400 g/mol. The first-order chi connectivity index (χ1) is 14.6. The predicted molar refractivity (Wildman–Crippen MR) is 121 cm³/mol. The van der Waals surface area contributed by atoms with Gasteiger partial charge in [-0.15, -0.1) is 0 Å². The lowest BCUT2D eigenvalue weighted by molar-refractivity contribution is 0.0705. The molecule has 2 aromatic heterocycles. The number of carbonyl (C=O) groups is 1. The quantitative estimate of drug-likeness (QED) is 0.515. The minimum absolute atomic E-state index is 0.124. The summed E-state index contributed by atoms with van der Waals surface area (Å²) in [5.41, 5.74) is 6.59. The highest BCUT2D eigenvalue weighted by Crippen LogP contribution is 2.30. The fraction of sp³-hybridized carbons (Fsp3) is 0.360. The molecule has 1 unspecified atom stereocenters. The van der Waals surface area contributed by atoms with Gasteiger partial charge in [0.1, 0.15) is 5.82 Å². The van der Waals surface area contributed by atoms with E-state index in [2.05, 4.69) is 48.5 Å². The Balaban J connectivity index is 1.42. The Morgan fingerprint density at radius 1 is 1.20 bits per heavy atom. The van der Waals surface area contributed by atoms with Gasteiger partial charge < -0.3 is 14.5 Å². The van der Waals surface area contributed by atoms with Crippen molar-refractivity contribution >= 4 is 27.8 Å². The molecule has 0 radical (unpaired) electrons. The Morgan fingerprint density at radius 3 is 2.83 bits per heavy atom. The second-order valence-corrected chi connectivity index (χ2v) is 8.42. The molecule has 5 rings (SSSR count). The molecule has 2 aromatic carbocycles. The Hall–Kier alpha value is -3.08. The highest BCUT2D eigenvalue weighted by Gasteiger charge is 2.27. The van der Waals surface area contributed by atoms with Crippen LogP contribution < -0.4 is 0 Å². The number of imidazole rings is 1. The summed E-state index contributed by atoms with van der Waals surface area (Å²) in [6.45, 7) is 8.93. The summed E-state index contributed by atoms with van der Waals surface area (Å²) in [4.78, 5) is 23.6. The summed E-state index contributed by atoms with van der Waals surface area (Å²) in [7, 11) is 0. The minimum atomic E-state index is 0.124. The highest BCUT2D eigenvalue weighted by atomic mass is 16.2. The molecule has 1 aliphatic rings. The van der Waals surface area contributed by atoms with Gasteiger partial charge >= 0.3 is 0 Å². The summed E-state index contributed by atoms with van der Waals surface area (Å²) in [5.74, 6) is 1.37. The van der Waals surface area contributed by atoms with Crippen molar-refractivity contribution in [2.24, 2.45) is 0 Å². The van der Waals surface area contributed by atoms with Crippen molar-refractivity contribution in [2.75, 3.05) is 13.1 Å². The number of likely N-dealkylation sites (tertiary alicyclic amines) is 1. The van der Waals surface area contributed by atoms with E-state index in [1.165, 1.54) is 22.2 Å². The number of hydrogen-bond donors (Lipinski definition) is 1. The lowest BCUT2D eigenvalue weighted by atomic mass is 9.96. The standard InChI is InChI=1S/C25H28N4O/c1-4-29-17(3)16(2)20-14-18(11-12-23(20)29)25(30)28-13-7-8-19(15-28)24-26-21-9-5-6-10-22(21)27-24/h5-6,9-12,14,19H,4,7-8,13,15H2,1-3H3,(H,26,27). The number of fused-ring (bicyclic) bond motifs is 2. The zero-order chi connectivity index (χ0) is 20.8. The zero-order valence-corrected chi connectivity index (χ0v) is 17.9. The molecule has 1 N–H and O–H groups in total. The van der Waals surface area contributed by atoms with Crippen LogP contribution in [0.15, 0.2) is 42.5 Å². The number of benzene rings is 2. The largest absolute Gasteiger partial charge is 0.345 e. The Bertz CT molecular complexity index is 1220. The molecule has 30 heavy (non-hydrogen) atoms. The third-order valence-electron chi connectivity index (χ3n) is 6.71. The lowest BCUT2D eigenvalue weighted by Gasteiger charge is -2.32. The van der Waals surface area contributed by atoms with E-state index in [4.69, 9.17) is 4.98 Å². The van der Waals surface area contributed by atoms with Crippen molar-refractivity contribution in [3.63, 3.8) is 0 Å². The van der Waals surface area contributed by atoms with E-state index in [0.29, 0.717) is 6.54 Å². The third-order valence-corrected chi connectivity index (χ3v) is 6.71. The van der Waals surface area contributed by atoms with Crippen LogP contribution in [0, 0.1) is 13.8 Å². The van der Waals surface area contributed by atoms with Crippen molar-refractivity contribution in [3.8, 4) is 0 Å².